The Labute approximate surface area is 107 Å². The van der Waals surface area contributed by atoms with Gasteiger partial charge in [0, 0.05) is 12.6 Å². The largest absolute Gasteiger partial charge is 0.370 e. The maximum absolute atomic E-state index is 5.75. The molecule has 4 heteroatoms. The van der Waals surface area contributed by atoms with Crippen molar-refractivity contribution in [3.8, 4) is 0 Å². The van der Waals surface area contributed by atoms with Gasteiger partial charge in [0.05, 0.1) is 12.7 Å². The first kappa shape index (κ1) is 12.8. The van der Waals surface area contributed by atoms with Gasteiger partial charge < -0.3 is 15.0 Å². The molecule has 0 bridgehead atoms. The second kappa shape index (κ2) is 6.33. The van der Waals surface area contributed by atoms with Gasteiger partial charge in [-0.05, 0) is 18.9 Å². The van der Waals surface area contributed by atoms with Crippen LogP contribution in [0, 0.1) is 6.92 Å². The number of nitrogens with two attached hydrogens (primary N) is 1. The number of ether oxygens (including phenoxy) is 1. The molecule has 0 radical (unpaired) electrons. The van der Waals surface area contributed by atoms with Gasteiger partial charge in [-0.2, -0.15) is 0 Å². The summed E-state index contributed by atoms with van der Waals surface area (Å²) in [7, 11) is 0. The van der Waals surface area contributed by atoms with Crippen molar-refractivity contribution >= 4 is 0 Å². The van der Waals surface area contributed by atoms with Crippen molar-refractivity contribution in [1.82, 2.24) is 5.16 Å². The molecule has 4 nitrogen and oxygen atoms in total. The fourth-order valence-corrected chi connectivity index (χ4v) is 1.78. The average molecular weight is 246 g/mol. The minimum absolute atomic E-state index is 0.00408. The van der Waals surface area contributed by atoms with Crippen LogP contribution in [-0.2, 0) is 17.8 Å². The van der Waals surface area contributed by atoms with Crippen molar-refractivity contribution in [2.45, 2.75) is 26.1 Å². The highest BCUT2D eigenvalue weighted by molar-refractivity contribution is 5.15. The van der Waals surface area contributed by atoms with Crippen molar-refractivity contribution in [3.63, 3.8) is 0 Å². The summed E-state index contributed by atoms with van der Waals surface area (Å²) in [6, 6.07) is 12.1. The summed E-state index contributed by atoms with van der Waals surface area (Å²) in [6.45, 7) is 2.79. The molecule has 2 rings (SSSR count). The first-order chi connectivity index (χ1) is 8.78. The predicted molar refractivity (Wildman–Crippen MR) is 69.0 cm³/mol. The second-order valence-corrected chi connectivity index (χ2v) is 4.29. The molecule has 1 heterocycles. The maximum atomic E-state index is 5.75. The third-order valence-electron chi connectivity index (χ3n) is 2.71. The molecule has 0 saturated carbocycles. The molecule has 0 spiro atoms. The normalized spacial score (nSPS) is 12.6. The van der Waals surface area contributed by atoms with Crippen molar-refractivity contribution in [2.75, 3.05) is 6.54 Å². The molecule has 0 unspecified atom stereocenters. The molecule has 0 aliphatic heterocycles. The quantitative estimate of drug-likeness (QED) is 0.847. The van der Waals surface area contributed by atoms with E-state index in [9.17, 15) is 0 Å². The van der Waals surface area contributed by atoms with Gasteiger partial charge in [-0.15, -0.1) is 0 Å². The van der Waals surface area contributed by atoms with Crippen LogP contribution in [0.15, 0.2) is 40.9 Å². The summed E-state index contributed by atoms with van der Waals surface area (Å²) >= 11 is 0. The Kier molecular flexibility index (Phi) is 4.50. The van der Waals surface area contributed by atoms with Crippen molar-refractivity contribution in [2.24, 2.45) is 5.73 Å². The Bertz CT molecular complexity index is 468. The standard InChI is InChI=1S/C14H18N2O2/c1-11-7-13(16-18-11)10-17-14(9-15)8-12-5-3-2-4-6-12/h2-7,14H,8-10,15H2,1H3/t14-/m0/s1. The number of aromatic nitrogens is 1. The van der Waals surface area contributed by atoms with Gasteiger partial charge in [0.2, 0.25) is 0 Å². The van der Waals surface area contributed by atoms with Gasteiger partial charge in [-0.25, -0.2) is 0 Å². The van der Waals surface area contributed by atoms with E-state index in [2.05, 4.69) is 17.3 Å². The Balaban J connectivity index is 1.86. The van der Waals surface area contributed by atoms with Crippen molar-refractivity contribution in [3.05, 3.63) is 53.4 Å². The van der Waals surface area contributed by atoms with Crippen LogP contribution in [0.25, 0.3) is 0 Å². The number of nitrogens with zero attached hydrogens (tertiary/aromatic N) is 1. The predicted octanol–water partition coefficient (Wildman–Crippen LogP) is 2.07. The van der Waals surface area contributed by atoms with Gasteiger partial charge in [-0.3, -0.25) is 0 Å². The molecule has 0 aliphatic carbocycles. The molecule has 18 heavy (non-hydrogen) atoms. The zero-order valence-electron chi connectivity index (χ0n) is 10.5. The number of hydrogen-bond acceptors (Lipinski definition) is 4. The van der Waals surface area contributed by atoms with E-state index in [0.29, 0.717) is 13.2 Å². The van der Waals surface area contributed by atoms with E-state index >= 15 is 0 Å². The fraction of sp³-hybridized carbons (Fsp3) is 0.357. The SMILES string of the molecule is Cc1cc(CO[C@H](CN)Cc2ccccc2)no1. The minimum Gasteiger partial charge on any atom is -0.370 e. The first-order valence-electron chi connectivity index (χ1n) is 6.05. The highest BCUT2D eigenvalue weighted by atomic mass is 16.5. The highest BCUT2D eigenvalue weighted by Crippen LogP contribution is 2.09. The first-order valence-corrected chi connectivity index (χ1v) is 6.05. The van der Waals surface area contributed by atoms with E-state index in [1.54, 1.807) is 0 Å². The Morgan fingerprint density at radius 3 is 2.72 bits per heavy atom. The Hall–Kier alpha value is -1.65. The number of hydrogen-bond donors (Lipinski definition) is 1. The van der Waals surface area contributed by atoms with Crippen LogP contribution < -0.4 is 5.73 Å². The third-order valence-corrected chi connectivity index (χ3v) is 2.71. The zero-order valence-corrected chi connectivity index (χ0v) is 10.5. The van der Waals surface area contributed by atoms with Crippen molar-refractivity contribution < 1.29 is 9.26 Å². The summed E-state index contributed by atoms with van der Waals surface area (Å²) < 4.78 is 10.7. The molecule has 0 fully saturated rings. The summed E-state index contributed by atoms with van der Waals surface area (Å²) in [6.07, 6.45) is 0.818. The van der Waals surface area contributed by atoms with Crippen LogP contribution in [0.1, 0.15) is 17.0 Å². The maximum Gasteiger partial charge on any atom is 0.134 e. The van der Waals surface area contributed by atoms with Gasteiger partial charge in [0.15, 0.2) is 0 Å². The molecular weight excluding hydrogens is 228 g/mol. The summed E-state index contributed by atoms with van der Waals surface area (Å²) in [5.74, 6) is 0.793. The van der Waals surface area contributed by atoms with Gasteiger partial charge in [0.25, 0.3) is 0 Å². The van der Waals surface area contributed by atoms with Crippen LogP contribution in [0.4, 0.5) is 0 Å². The summed E-state index contributed by atoms with van der Waals surface area (Å²) in [5, 5.41) is 3.89. The molecule has 0 saturated heterocycles. The van der Waals surface area contributed by atoms with Gasteiger partial charge in [-0.1, -0.05) is 35.5 Å². The molecule has 1 aromatic carbocycles. The molecule has 0 amide bonds. The lowest BCUT2D eigenvalue weighted by Gasteiger charge is -2.15. The zero-order chi connectivity index (χ0) is 12.8. The van der Waals surface area contributed by atoms with Gasteiger partial charge in [0.1, 0.15) is 11.5 Å². The molecule has 96 valence electrons. The van der Waals surface area contributed by atoms with Crippen molar-refractivity contribution in [1.29, 1.82) is 0 Å². The lowest BCUT2D eigenvalue weighted by atomic mass is 10.1. The molecule has 2 aromatic rings. The van der Waals surface area contributed by atoms with Crippen LogP contribution in [0.5, 0.6) is 0 Å². The number of aryl methyl sites for hydroxylation is 1. The highest BCUT2D eigenvalue weighted by Gasteiger charge is 2.09. The lowest BCUT2D eigenvalue weighted by molar-refractivity contribution is 0.0434. The van der Waals surface area contributed by atoms with E-state index < -0.39 is 0 Å². The Morgan fingerprint density at radius 2 is 2.11 bits per heavy atom. The minimum atomic E-state index is 0.00408. The average Bonchev–Trinajstić information content (AvgIpc) is 2.81. The van der Waals surface area contributed by atoms with E-state index in [1.165, 1.54) is 5.56 Å². The molecular formula is C14H18N2O2. The smallest absolute Gasteiger partial charge is 0.134 e. The topological polar surface area (TPSA) is 61.3 Å². The number of rotatable bonds is 6. The third kappa shape index (κ3) is 3.68. The monoisotopic (exact) mass is 246 g/mol. The van der Waals surface area contributed by atoms with Crippen LogP contribution in [-0.4, -0.2) is 17.8 Å². The Morgan fingerprint density at radius 1 is 1.33 bits per heavy atom. The lowest BCUT2D eigenvalue weighted by Crippen LogP contribution is -2.26. The van der Waals surface area contributed by atoms with Gasteiger partial charge >= 0.3 is 0 Å². The van der Waals surface area contributed by atoms with E-state index in [-0.39, 0.29) is 6.10 Å². The molecule has 2 N–H and O–H groups in total. The van der Waals surface area contributed by atoms with E-state index in [1.807, 2.05) is 31.2 Å². The second-order valence-electron chi connectivity index (χ2n) is 4.29. The fourth-order valence-electron chi connectivity index (χ4n) is 1.78. The molecule has 0 aliphatic rings. The van der Waals surface area contributed by atoms with Crippen LogP contribution in [0.2, 0.25) is 0 Å². The number of benzene rings is 1. The van der Waals surface area contributed by atoms with E-state index in [4.69, 9.17) is 15.0 Å². The molecule has 1 atom stereocenters. The molecule has 1 aromatic heterocycles. The summed E-state index contributed by atoms with van der Waals surface area (Å²) in [5.41, 5.74) is 7.75. The van der Waals surface area contributed by atoms with E-state index in [0.717, 1.165) is 17.9 Å². The summed E-state index contributed by atoms with van der Waals surface area (Å²) in [4.78, 5) is 0. The van der Waals surface area contributed by atoms with Crippen LogP contribution >= 0.6 is 0 Å². The van der Waals surface area contributed by atoms with Crippen LogP contribution in [0.3, 0.4) is 0 Å².